The summed E-state index contributed by atoms with van der Waals surface area (Å²) < 4.78 is 18.4. The number of benzene rings is 3. The Morgan fingerprint density at radius 1 is 0.629 bits per heavy atom. The van der Waals surface area contributed by atoms with E-state index in [0.29, 0.717) is 31.1 Å². The van der Waals surface area contributed by atoms with E-state index in [1.165, 1.54) is 19.3 Å². The van der Waals surface area contributed by atoms with Crippen molar-refractivity contribution in [2.75, 3.05) is 0 Å². The molecule has 1 aromatic heterocycles. The van der Waals surface area contributed by atoms with Gasteiger partial charge >= 0.3 is 0 Å². The predicted octanol–water partition coefficient (Wildman–Crippen LogP) is 7.62. The number of rotatable bonds is 9. The van der Waals surface area contributed by atoms with Crippen molar-refractivity contribution in [3.63, 3.8) is 0 Å². The molecule has 1 fully saturated rings. The molecule has 0 unspecified atom stereocenters. The fourth-order valence-corrected chi connectivity index (χ4v) is 4.38. The summed E-state index contributed by atoms with van der Waals surface area (Å²) in [5, 5.41) is 0. The van der Waals surface area contributed by atoms with Crippen LogP contribution in [-0.4, -0.2) is 11.1 Å². The van der Waals surface area contributed by atoms with E-state index in [4.69, 9.17) is 19.2 Å². The summed E-state index contributed by atoms with van der Waals surface area (Å²) in [7, 11) is 0. The Labute approximate surface area is 207 Å². The molecule has 0 atom stereocenters. The van der Waals surface area contributed by atoms with Gasteiger partial charge in [0.1, 0.15) is 19.0 Å². The summed E-state index contributed by atoms with van der Waals surface area (Å²) in [5.74, 6) is 2.02. The standard InChI is InChI=1S/C31H31NO3/c1-4-10-24(11-5-1)22-33-30-21-20-29(31(32-30)34-23-25-12-6-2-7-13-25)26-16-18-28(19-17-26)35-27-14-8-3-9-15-27/h1-2,4-7,10-13,16-21,27H,3,8-9,14-15,22-23H2. The molecule has 1 saturated carbocycles. The SMILES string of the molecule is c1ccc(COc2ccc(-c3ccc(OC4CCCCC4)cc3)c(OCc3ccccc3)n2)cc1. The number of hydrogen-bond donors (Lipinski definition) is 0. The van der Waals surface area contributed by atoms with Crippen molar-refractivity contribution in [2.45, 2.75) is 51.4 Å². The second kappa shape index (κ2) is 11.6. The predicted molar refractivity (Wildman–Crippen MR) is 139 cm³/mol. The molecule has 3 aromatic carbocycles. The van der Waals surface area contributed by atoms with Crippen molar-refractivity contribution in [1.29, 1.82) is 0 Å². The fraction of sp³-hybridized carbons (Fsp3) is 0.258. The van der Waals surface area contributed by atoms with Crippen molar-refractivity contribution < 1.29 is 14.2 Å². The van der Waals surface area contributed by atoms with Crippen LogP contribution >= 0.6 is 0 Å². The van der Waals surface area contributed by atoms with Gasteiger partial charge < -0.3 is 14.2 Å². The van der Waals surface area contributed by atoms with Crippen molar-refractivity contribution in [2.24, 2.45) is 0 Å². The van der Waals surface area contributed by atoms with E-state index in [2.05, 4.69) is 12.1 Å². The number of ether oxygens (including phenoxy) is 3. The molecule has 0 aliphatic heterocycles. The van der Waals surface area contributed by atoms with Crippen LogP contribution in [0.3, 0.4) is 0 Å². The zero-order valence-corrected chi connectivity index (χ0v) is 19.9. The molecule has 1 aliphatic rings. The monoisotopic (exact) mass is 465 g/mol. The molecular weight excluding hydrogens is 434 g/mol. The van der Waals surface area contributed by atoms with Gasteiger partial charge in [-0.3, -0.25) is 0 Å². The summed E-state index contributed by atoms with van der Waals surface area (Å²) in [6, 6.07) is 32.4. The highest BCUT2D eigenvalue weighted by molar-refractivity contribution is 5.69. The molecule has 5 rings (SSSR count). The highest BCUT2D eigenvalue weighted by atomic mass is 16.5. The lowest BCUT2D eigenvalue weighted by atomic mass is 9.98. The van der Waals surface area contributed by atoms with E-state index < -0.39 is 0 Å². The fourth-order valence-electron chi connectivity index (χ4n) is 4.38. The lowest BCUT2D eigenvalue weighted by Crippen LogP contribution is -2.19. The van der Waals surface area contributed by atoms with Gasteiger partial charge in [0, 0.05) is 11.6 Å². The van der Waals surface area contributed by atoms with Gasteiger partial charge in [0.05, 0.1) is 6.10 Å². The molecule has 0 saturated heterocycles. The van der Waals surface area contributed by atoms with E-state index in [-0.39, 0.29) is 0 Å². The molecule has 0 radical (unpaired) electrons. The van der Waals surface area contributed by atoms with E-state index in [0.717, 1.165) is 40.8 Å². The van der Waals surface area contributed by atoms with Crippen LogP contribution < -0.4 is 14.2 Å². The Balaban J connectivity index is 1.34. The Morgan fingerprint density at radius 3 is 1.91 bits per heavy atom. The lowest BCUT2D eigenvalue weighted by molar-refractivity contribution is 0.155. The molecule has 0 bridgehead atoms. The van der Waals surface area contributed by atoms with Crippen LogP contribution in [0.5, 0.6) is 17.5 Å². The van der Waals surface area contributed by atoms with Crippen molar-refractivity contribution >= 4 is 0 Å². The van der Waals surface area contributed by atoms with Gasteiger partial charge in [-0.2, -0.15) is 4.98 Å². The van der Waals surface area contributed by atoms with Gasteiger partial charge in [-0.15, -0.1) is 0 Å². The van der Waals surface area contributed by atoms with Gasteiger partial charge in [0.2, 0.25) is 11.8 Å². The van der Waals surface area contributed by atoms with E-state index in [1.807, 2.05) is 84.9 Å². The lowest BCUT2D eigenvalue weighted by Gasteiger charge is -2.23. The first-order chi connectivity index (χ1) is 17.3. The largest absolute Gasteiger partial charge is 0.490 e. The number of aromatic nitrogens is 1. The van der Waals surface area contributed by atoms with Crippen LogP contribution in [-0.2, 0) is 13.2 Å². The average Bonchev–Trinajstić information content (AvgIpc) is 2.93. The molecule has 0 amide bonds. The minimum absolute atomic E-state index is 0.335. The minimum atomic E-state index is 0.335. The first kappa shape index (κ1) is 23.0. The summed E-state index contributed by atoms with van der Waals surface area (Å²) in [6.07, 6.45) is 6.47. The summed E-state index contributed by atoms with van der Waals surface area (Å²) >= 11 is 0. The molecule has 1 aliphatic carbocycles. The summed E-state index contributed by atoms with van der Waals surface area (Å²) in [5.41, 5.74) is 4.15. The van der Waals surface area contributed by atoms with Gasteiger partial charge in [-0.25, -0.2) is 0 Å². The Morgan fingerprint density at radius 2 is 1.26 bits per heavy atom. The van der Waals surface area contributed by atoms with Crippen LogP contribution in [0.2, 0.25) is 0 Å². The smallest absolute Gasteiger partial charge is 0.225 e. The van der Waals surface area contributed by atoms with Crippen molar-refractivity contribution in [1.82, 2.24) is 4.98 Å². The second-order valence-corrected chi connectivity index (χ2v) is 8.95. The highest BCUT2D eigenvalue weighted by Crippen LogP contribution is 2.33. The van der Waals surface area contributed by atoms with Gasteiger partial charge in [-0.05, 0) is 60.6 Å². The second-order valence-electron chi connectivity index (χ2n) is 8.95. The maximum atomic E-state index is 6.21. The first-order valence-electron chi connectivity index (χ1n) is 12.4. The van der Waals surface area contributed by atoms with E-state index in [9.17, 15) is 0 Å². The zero-order chi connectivity index (χ0) is 23.7. The quantitative estimate of drug-likeness (QED) is 0.255. The topological polar surface area (TPSA) is 40.6 Å². The average molecular weight is 466 g/mol. The maximum absolute atomic E-state index is 6.21. The van der Waals surface area contributed by atoms with Crippen LogP contribution in [0.4, 0.5) is 0 Å². The highest BCUT2D eigenvalue weighted by Gasteiger charge is 2.16. The molecule has 178 valence electrons. The van der Waals surface area contributed by atoms with Crippen LogP contribution in [0.25, 0.3) is 11.1 Å². The zero-order valence-electron chi connectivity index (χ0n) is 19.9. The van der Waals surface area contributed by atoms with Crippen molar-refractivity contribution in [3.05, 3.63) is 108 Å². The number of nitrogens with zero attached hydrogens (tertiary/aromatic N) is 1. The van der Waals surface area contributed by atoms with E-state index in [1.54, 1.807) is 0 Å². The summed E-state index contributed by atoms with van der Waals surface area (Å²) in [6.45, 7) is 0.893. The Bertz CT molecular complexity index is 1190. The van der Waals surface area contributed by atoms with Crippen LogP contribution in [0.15, 0.2) is 97.1 Å². The van der Waals surface area contributed by atoms with Crippen LogP contribution in [0, 0.1) is 0 Å². The molecule has 35 heavy (non-hydrogen) atoms. The number of hydrogen-bond acceptors (Lipinski definition) is 4. The van der Waals surface area contributed by atoms with Crippen LogP contribution in [0.1, 0.15) is 43.2 Å². The summed E-state index contributed by atoms with van der Waals surface area (Å²) in [4.78, 5) is 4.72. The van der Waals surface area contributed by atoms with E-state index >= 15 is 0 Å². The molecule has 0 spiro atoms. The maximum Gasteiger partial charge on any atom is 0.225 e. The van der Waals surface area contributed by atoms with Crippen molar-refractivity contribution in [3.8, 4) is 28.6 Å². The molecule has 1 heterocycles. The minimum Gasteiger partial charge on any atom is -0.490 e. The molecule has 4 nitrogen and oxygen atoms in total. The molecule has 0 N–H and O–H groups in total. The Hall–Kier alpha value is -3.79. The molecule has 4 heteroatoms. The van der Waals surface area contributed by atoms with Gasteiger partial charge in [0.25, 0.3) is 0 Å². The van der Waals surface area contributed by atoms with Gasteiger partial charge in [-0.1, -0.05) is 79.2 Å². The third kappa shape index (κ3) is 6.42. The normalized spacial score (nSPS) is 13.8. The first-order valence-corrected chi connectivity index (χ1v) is 12.4. The Kier molecular flexibility index (Phi) is 7.59. The van der Waals surface area contributed by atoms with Gasteiger partial charge in [0.15, 0.2) is 0 Å². The third-order valence-electron chi connectivity index (χ3n) is 6.30. The molecule has 4 aromatic rings. The number of pyridine rings is 1. The third-order valence-corrected chi connectivity index (χ3v) is 6.30. The molecular formula is C31H31NO3.